The molecular formula is C13H12F3N3O3S. The van der Waals surface area contributed by atoms with Crippen molar-refractivity contribution in [3.63, 3.8) is 0 Å². The predicted molar refractivity (Wildman–Crippen MR) is 76.3 cm³/mol. The van der Waals surface area contributed by atoms with Crippen LogP contribution in [0.25, 0.3) is 0 Å². The van der Waals surface area contributed by atoms with Gasteiger partial charge in [-0.05, 0) is 12.1 Å². The van der Waals surface area contributed by atoms with Crippen molar-refractivity contribution in [2.45, 2.75) is 22.6 Å². The van der Waals surface area contributed by atoms with Crippen molar-refractivity contribution in [2.24, 2.45) is 7.05 Å². The van der Waals surface area contributed by atoms with Gasteiger partial charge < -0.3 is 0 Å². The second kappa shape index (κ2) is 4.98. The lowest BCUT2D eigenvalue weighted by atomic mass is 10.2. The van der Waals surface area contributed by atoms with Gasteiger partial charge in [0.05, 0.1) is 23.3 Å². The Hall–Kier alpha value is -2.04. The summed E-state index contributed by atoms with van der Waals surface area (Å²) in [6.07, 6.45) is -3.85. The van der Waals surface area contributed by atoms with Crippen molar-refractivity contribution in [1.82, 2.24) is 9.78 Å². The number of aryl methyl sites for hydroxylation is 1. The van der Waals surface area contributed by atoms with Crippen molar-refractivity contribution < 1.29 is 27.1 Å². The van der Waals surface area contributed by atoms with E-state index < -0.39 is 29.2 Å². The summed E-state index contributed by atoms with van der Waals surface area (Å²) in [5.74, 6) is -2.07. The number of para-hydroxylation sites is 1. The summed E-state index contributed by atoms with van der Waals surface area (Å²) in [5.41, 5.74) is -0.0210. The summed E-state index contributed by atoms with van der Waals surface area (Å²) in [4.78, 5) is 12.1. The van der Waals surface area contributed by atoms with Crippen LogP contribution < -0.4 is 4.90 Å². The number of fused-ring (bicyclic) bond motifs is 2. The number of hydrogen-bond acceptors (Lipinski definition) is 4. The van der Waals surface area contributed by atoms with Crippen molar-refractivity contribution >= 4 is 22.2 Å². The molecule has 0 saturated heterocycles. The molecule has 6 nitrogen and oxygen atoms in total. The number of nitrogens with zero attached hydrogens (tertiary/aromatic N) is 3. The second-order valence-electron chi connectivity index (χ2n) is 5.00. The summed E-state index contributed by atoms with van der Waals surface area (Å²) in [7, 11) is -2.14. The van der Waals surface area contributed by atoms with Gasteiger partial charge in [-0.1, -0.05) is 12.1 Å². The normalized spacial score (nSPS) is 17.9. The number of alkyl halides is 3. The van der Waals surface area contributed by atoms with Crippen LogP contribution in [0.4, 0.5) is 18.9 Å². The van der Waals surface area contributed by atoms with Crippen LogP contribution in [-0.4, -0.2) is 31.0 Å². The number of carbonyl (C=O) groups is 1. The van der Waals surface area contributed by atoms with Crippen molar-refractivity contribution in [2.75, 3.05) is 4.90 Å². The maximum Gasteiger partial charge on any atom is 0.471 e. The van der Waals surface area contributed by atoms with Crippen LogP contribution in [0.15, 0.2) is 40.4 Å². The van der Waals surface area contributed by atoms with Gasteiger partial charge in [-0.25, -0.2) is 0 Å². The van der Waals surface area contributed by atoms with Gasteiger partial charge >= 0.3 is 12.1 Å². The molecule has 1 aliphatic heterocycles. The molecule has 0 aliphatic carbocycles. The molecule has 0 atom stereocenters. The first kappa shape index (κ1) is 15.8. The summed E-state index contributed by atoms with van der Waals surface area (Å²) in [6, 6.07) is 5.44. The summed E-state index contributed by atoms with van der Waals surface area (Å²) < 4.78 is 61.1. The highest BCUT2D eigenvalue weighted by Gasteiger charge is 2.46. The first-order valence-electron chi connectivity index (χ1n) is 6.41. The van der Waals surface area contributed by atoms with Gasteiger partial charge in [0.2, 0.25) is 0 Å². The summed E-state index contributed by atoms with van der Waals surface area (Å²) in [5, 5.41) is 3.86. The zero-order valence-corrected chi connectivity index (χ0v) is 12.6. The molecule has 0 unspecified atom stereocenters. The molecule has 2 aromatic rings. The Labute approximate surface area is 130 Å². The van der Waals surface area contributed by atoms with Crippen molar-refractivity contribution in [3.8, 4) is 0 Å². The number of anilines is 1. The van der Waals surface area contributed by atoms with E-state index in [-0.39, 0.29) is 21.2 Å². The molecule has 124 valence electrons. The lowest BCUT2D eigenvalue weighted by Gasteiger charge is -2.33. The molecular weight excluding hydrogens is 335 g/mol. The Morgan fingerprint density at radius 2 is 1.96 bits per heavy atom. The van der Waals surface area contributed by atoms with E-state index in [9.17, 15) is 27.1 Å². The highest BCUT2D eigenvalue weighted by atomic mass is 32.3. The maximum atomic E-state index is 12.9. The fraction of sp³-hybridized carbons (Fsp3) is 0.231. The monoisotopic (exact) mass is 347 g/mol. The Bertz CT molecular complexity index is 788. The number of hydrogen-bond donors (Lipinski definition) is 2. The van der Waals surface area contributed by atoms with Crippen LogP contribution in [0.2, 0.25) is 0 Å². The fourth-order valence-electron chi connectivity index (χ4n) is 2.56. The van der Waals surface area contributed by atoms with E-state index in [4.69, 9.17) is 0 Å². The van der Waals surface area contributed by atoms with E-state index in [1.165, 1.54) is 42.2 Å². The van der Waals surface area contributed by atoms with Crippen molar-refractivity contribution in [3.05, 3.63) is 36.0 Å². The molecule has 0 fully saturated rings. The lowest BCUT2D eigenvalue weighted by molar-refractivity contribution is -0.170. The molecule has 2 heterocycles. The Morgan fingerprint density at radius 3 is 2.61 bits per heavy atom. The molecule has 1 amide bonds. The van der Waals surface area contributed by atoms with Crippen molar-refractivity contribution in [1.29, 1.82) is 0 Å². The van der Waals surface area contributed by atoms with Gasteiger partial charge in [0.1, 0.15) is 0 Å². The first-order valence-corrected chi connectivity index (χ1v) is 7.95. The van der Waals surface area contributed by atoms with Gasteiger partial charge in [-0.2, -0.15) is 18.3 Å². The molecule has 1 aromatic carbocycles. The second-order valence-corrected chi connectivity index (χ2v) is 6.93. The molecule has 2 N–H and O–H groups in total. The minimum absolute atomic E-state index is 0.00224. The van der Waals surface area contributed by atoms with Crippen LogP contribution in [0.3, 0.4) is 0 Å². The first-order chi connectivity index (χ1) is 10.6. The topological polar surface area (TPSA) is 78.6 Å². The zero-order valence-electron chi connectivity index (χ0n) is 11.8. The van der Waals surface area contributed by atoms with E-state index in [0.717, 1.165) is 0 Å². The van der Waals surface area contributed by atoms with E-state index in [0.29, 0.717) is 4.90 Å². The van der Waals surface area contributed by atoms with E-state index in [1.54, 1.807) is 0 Å². The third-order valence-electron chi connectivity index (χ3n) is 3.50. The molecule has 3 rings (SSSR count). The van der Waals surface area contributed by atoms with Crippen LogP contribution in [0, 0.1) is 0 Å². The Kier molecular flexibility index (Phi) is 3.43. The van der Waals surface area contributed by atoms with Crippen LogP contribution >= 0.6 is 10.6 Å². The van der Waals surface area contributed by atoms with E-state index >= 15 is 0 Å². The number of aromatic nitrogens is 2. The summed E-state index contributed by atoms with van der Waals surface area (Å²) >= 11 is 0. The molecule has 0 bridgehead atoms. The highest BCUT2D eigenvalue weighted by Crippen LogP contribution is 2.61. The number of amides is 1. The van der Waals surface area contributed by atoms with Crippen LogP contribution in [0.1, 0.15) is 5.56 Å². The van der Waals surface area contributed by atoms with Crippen LogP contribution in [0.5, 0.6) is 0 Å². The van der Waals surface area contributed by atoms with Gasteiger partial charge in [0.15, 0.2) is 5.03 Å². The van der Waals surface area contributed by atoms with Gasteiger partial charge in [-0.15, -0.1) is 10.6 Å². The third-order valence-corrected chi connectivity index (χ3v) is 5.53. The fourth-order valence-corrected chi connectivity index (χ4v) is 4.41. The number of halogens is 3. The minimum Gasteiger partial charge on any atom is -0.298 e. The third kappa shape index (κ3) is 2.38. The number of benzene rings is 1. The molecule has 0 radical (unpaired) electrons. The number of carbonyl (C=O) groups excluding carboxylic acids is 1. The molecule has 1 aromatic heterocycles. The Morgan fingerprint density at radius 1 is 1.30 bits per heavy atom. The standard InChI is InChI=1S/C13H12F3N3O3S/c1-18-11-8(6-17-18)7-19(12(20)13(14,15)16)9-4-2-3-5-10(9)23(11,21)22/h2-6,21-22H,7H2,1H3. The summed E-state index contributed by atoms with van der Waals surface area (Å²) in [6.45, 7) is -0.450. The Balaban J connectivity index is 2.28. The highest BCUT2D eigenvalue weighted by molar-refractivity contribution is 8.24. The average molecular weight is 347 g/mol. The molecule has 0 spiro atoms. The zero-order chi connectivity index (χ0) is 17.0. The number of rotatable bonds is 0. The molecule has 10 heteroatoms. The molecule has 23 heavy (non-hydrogen) atoms. The van der Waals surface area contributed by atoms with Gasteiger partial charge in [0.25, 0.3) is 0 Å². The minimum atomic E-state index is -5.08. The smallest absolute Gasteiger partial charge is 0.298 e. The largest absolute Gasteiger partial charge is 0.471 e. The molecule has 1 aliphatic rings. The van der Waals surface area contributed by atoms with E-state index in [1.807, 2.05) is 0 Å². The maximum absolute atomic E-state index is 12.9. The van der Waals surface area contributed by atoms with Gasteiger partial charge in [-0.3, -0.25) is 23.5 Å². The van der Waals surface area contributed by atoms with Gasteiger partial charge in [0, 0.05) is 12.6 Å². The van der Waals surface area contributed by atoms with Crippen LogP contribution in [-0.2, 0) is 18.4 Å². The lowest BCUT2D eigenvalue weighted by Crippen LogP contribution is -2.40. The average Bonchev–Trinajstić information content (AvgIpc) is 2.80. The quantitative estimate of drug-likeness (QED) is 0.768. The molecule has 0 saturated carbocycles. The van der Waals surface area contributed by atoms with E-state index in [2.05, 4.69) is 5.10 Å². The SMILES string of the molecule is Cn1ncc2c1S(O)(O)c1ccccc1N(C(=O)C(F)(F)F)C2. The predicted octanol–water partition coefficient (Wildman–Crippen LogP) is 3.00.